The molecule has 0 unspecified atom stereocenters. The van der Waals surface area contributed by atoms with Crippen LogP contribution in [0.5, 0.6) is 0 Å². The normalized spacial score (nSPS) is 11.9. The van der Waals surface area contributed by atoms with Crippen LogP contribution in [0.3, 0.4) is 0 Å². The number of carbonyl (C=O) groups is 1. The number of fused-ring (bicyclic) bond motifs is 1. The van der Waals surface area contributed by atoms with Gasteiger partial charge in [-0.3, -0.25) is 14.9 Å². The lowest BCUT2D eigenvalue weighted by atomic mass is 9.87. The molecule has 0 radical (unpaired) electrons. The van der Waals surface area contributed by atoms with E-state index in [1.807, 2.05) is 20.8 Å². The lowest BCUT2D eigenvalue weighted by Crippen LogP contribution is -2.20. The molecule has 2 rings (SSSR count). The van der Waals surface area contributed by atoms with Gasteiger partial charge < -0.3 is 0 Å². The second kappa shape index (κ2) is 3.15. The van der Waals surface area contributed by atoms with E-state index in [1.54, 1.807) is 18.5 Å². The van der Waals surface area contributed by atoms with Crippen LogP contribution in [0.25, 0.3) is 11.0 Å². The zero-order valence-corrected chi connectivity index (χ0v) is 9.03. The van der Waals surface area contributed by atoms with Gasteiger partial charge in [-0.2, -0.15) is 5.10 Å². The van der Waals surface area contributed by atoms with Crippen molar-refractivity contribution >= 4 is 16.8 Å². The fraction of sp³-hybridized carbons (Fsp3) is 0.364. The van der Waals surface area contributed by atoms with Crippen LogP contribution < -0.4 is 0 Å². The first kappa shape index (κ1) is 9.83. The first-order valence-corrected chi connectivity index (χ1v) is 4.82. The minimum atomic E-state index is -0.380. The molecule has 0 saturated heterocycles. The molecule has 0 aliphatic carbocycles. The number of aromatic nitrogens is 3. The van der Waals surface area contributed by atoms with E-state index >= 15 is 0 Å². The molecule has 0 bridgehead atoms. The summed E-state index contributed by atoms with van der Waals surface area (Å²) in [5.74, 6) is 0.0894. The number of H-pyrrole nitrogens is 1. The fourth-order valence-corrected chi connectivity index (χ4v) is 1.39. The number of nitrogens with zero attached hydrogens (tertiary/aromatic N) is 2. The maximum Gasteiger partial charge on any atom is 0.169 e. The Morgan fingerprint density at radius 2 is 2.07 bits per heavy atom. The van der Waals surface area contributed by atoms with Crippen LogP contribution in [-0.4, -0.2) is 21.0 Å². The summed E-state index contributed by atoms with van der Waals surface area (Å²) >= 11 is 0. The highest BCUT2D eigenvalue weighted by atomic mass is 16.1. The van der Waals surface area contributed by atoms with Crippen molar-refractivity contribution in [2.24, 2.45) is 5.41 Å². The Hall–Kier alpha value is -1.71. The summed E-state index contributed by atoms with van der Waals surface area (Å²) in [5.41, 5.74) is 1.82. The van der Waals surface area contributed by atoms with Gasteiger partial charge in [0.15, 0.2) is 5.78 Å². The molecule has 2 heterocycles. The van der Waals surface area contributed by atoms with Crippen molar-refractivity contribution in [1.82, 2.24) is 15.2 Å². The maximum atomic E-state index is 12.0. The minimum Gasteiger partial charge on any atom is -0.294 e. The molecule has 0 aliphatic heterocycles. The number of hydrogen-bond donors (Lipinski definition) is 1. The third-order valence-electron chi connectivity index (χ3n) is 2.23. The van der Waals surface area contributed by atoms with Gasteiger partial charge in [-0.15, -0.1) is 0 Å². The number of aromatic amines is 1. The van der Waals surface area contributed by atoms with Crippen molar-refractivity contribution in [3.63, 3.8) is 0 Å². The highest BCUT2D eigenvalue weighted by Crippen LogP contribution is 2.21. The summed E-state index contributed by atoms with van der Waals surface area (Å²) in [6.45, 7) is 5.69. The highest BCUT2D eigenvalue weighted by Gasteiger charge is 2.23. The monoisotopic (exact) mass is 203 g/mol. The third kappa shape index (κ3) is 1.75. The van der Waals surface area contributed by atoms with Gasteiger partial charge in [0.1, 0.15) is 5.52 Å². The minimum absolute atomic E-state index is 0.0894. The van der Waals surface area contributed by atoms with Crippen LogP contribution in [0.4, 0.5) is 0 Å². The van der Waals surface area contributed by atoms with Gasteiger partial charge >= 0.3 is 0 Å². The summed E-state index contributed by atoms with van der Waals surface area (Å²) in [7, 11) is 0. The number of carbonyl (C=O) groups excluding carboxylic acids is 1. The molecule has 0 fully saturated rings. The summed E-state index contributed by atoms with van der Waals surface area (Å²) in [5, 5.41) is 6.67. The first-order valence-electron chi connectivity index (χ1n) is 4.82. The van der Waals surface area contributed by atoms with Crippen LogP contribution >= 0.6 is 0 Å². The molecule has 0 amide bonds. The second-order valence-electron chi connectivity index (χ2n) is 4.61. The number of ketones is 1. The maximum absolute atomic E-state index is 12.0. The smallest absolute Gasteiger partial charge is 0.169 e. The van der Waals surface area contributed by atoms with Crippen LogP contribution in [-0.2, 0) is 0 Å². The zero-order chi connectivity index (χ0) is 11.1. The van der Waals surface area contributed by atoms with Gasteiger partial charge in [-0.05, 0) is 6.07 Å². The molecule has 1 N–H and O–H groups in total. The van der Waals surface area contributed by atoms with Crippen molar-refractivity contribution in [3.05, 3.63) is 24.0 Å². The zero-order valence-electron chi connectivity index (χ0n) is 9.03. The van der Waals surface area contributed by atoms with Gasteiger partial charge in [0.05, 0.1) is 11.7 Å². The van der Waals surface area contributed by atoms with Crippen LogP contribution in [0.15, 0.2) is 18.5 Å². The Morgan fingerprint density at radius 3 is 2.73 bits per heavy atom. The van der Waals surface area contributed by atoms with E-state index in [4.69, 9.17) is 0 Å². The SMILES string of the molecule is CC(C)(C)C(=O)c1cnc2cn[nH]c2c1. The lowest BCUT2D eigenvalue weighted by Gasteiger charge is -2.15. The Bertz CT molecular complexity index is 508. The summed E-state index contributed by atoms with van der Waals surface area (Å²) < 4.78 is 0. The van der Waals surface area contributed by atoms with Gasteiger partial charge in [-0.25, -0.2) is 0 Å². The van der Waals surface area contributed by atoms with Gasteiger partial charge in [0.2, 0.25) is 0 Å². The molecule has 0 aromatic carbocycles. The predicted molar refractivity (Wildman–Crippen MR) is 57.7 cm³/mol. The Labute approximate surface area is 87.7 Å². The largest absolute Gasteiger partial charge is 0.294 e. The van der Waals surface area contributed by atoms with E-state index in [-0.39, 0.29) is 11.2 Å². The summed E-state index contributed by atoms with van der Waals surface area (Å²) in [4.78, 5) is 16.1. The van der Waals surface area contributed by atoms with E-state index in [0.29, 0.717) is 5.56 Å². The van der Waals surface area contributed by atoms with Gasteiger partial charge in [0.25, 0.3) is 0 Å². The van der Waals surface area contributed by atoms with Crippen LogP contribution in [0.1, 0.15) is 31.1 Å². The van der Waals surface area contributed by atoms with Crippen LogP contribution in [0.2, 0.25) is 0 Å². The number of nitrogens with one attached hydrogen (secondary N) is 1. The molecule has 4 nitrogen and oxygen atoms in total. The van der Waals surface area contributed by atoms with Gasteiger partial charge in [0, 0.05) is 17.2 Å². The molecular weight excluding hydrogens is 190 g/mol. The highest BCUT2D eigenvalue weighted by molar-refractivity contribution is 6.01. The van der Waals surface area contributed by atoms with Crippen molar-refractivity contribution in [2.45, 2.75) is 20.8 Å². The van der Waals surface area contributed by atoms with Crippen molar-refractivity contribution in [3.8, 4) is 0 Å². The number of pyridine rings is 1. The molecule has 2 aromatic heterocycles. The number of hydrogen-bond acceptors (Lipinski definition) is 3. The first-order chi connectivity index (χ1) is 6.98. The standard InChI is InChI=1S/C11H13N3O/c1-11(2,3)10(15)7-4-8-9(12-5-7)6-13-14-8/h4-6H,1-3H3,(H,13,14). The molecule has 15 heavy (non-hydrogen) atoms. The average Bonchev–Trinajstić information content (AvgIpc) is 2.61. The van der Waals surface area contributed by atoms with Gasteiger partial charge in [-0.1, -0.05) is 20.8 Å². The fourth-order valence-electron chi connectivity index (χ4n) is 1.39. The quantitative estimate of drug-likeness (QED) is 0.723. The van der Waals surface area contributed by atoms with E-state index in [9.17, 15) is 4.79 Å². The van der Waals surface area contributed by atoms with Crippen molar-refractivity contribution in [2.75, 3.05) is 0 Å². The molecular formula is C11H13N3O. The second-order valence-corrected chi connectivity index (χ2v) is 4.61. The molecule has 0 saturated carbocycles. The average molecular weight is 203 g/mol. The summed E-state index contributed by atoms with van der Waals surface area (Å²) in [6.07, 6.45) is 3.24. The predicted octanol–water partition coefficient (Wildman–Crippen LogP) is 2.19. The summed E-state index contributed by atoms with van der Waals surface area (Å²) in [6, 6.07) is 1.79. The number of Topliss-reactive ketones (excluding diaryl/α,β-unsaturated/α-hetero) is 1. The van der Waals surface area contributed by atoms with Crippen molar-refractivity contribution < 1.29 is 4.79 Å². The van der Waals surface area contributed by atoms with Crippen LogP contribution in [0, 0.1) is 5.41 Å². The lowest BCUT2D eigenvalue weighted by molar-refractivity contribution is 0.0858. The Morgan fingerprint density at radius 1 is 1.33 bits per heavy atom. The molecule has 0 aliphatic rings. The molecule has 78 valence electrons. The third-order valence-corrected chi connectivity index (χ3v) is 2.23. The van der Waals surface area contributed by atoms with E-state index in [0.717, 1.165) is 11.0 Å². The molecule has 4 heteroatoms. The van der Waals surface area contributed by atoms with E-state index < -0.39 is 0 Å². The molecule has 0 spiro atoms. The molecule has 0 atom stereocenters. The topological polar surface area (TPSA) is 58.6 Å². The Balaban J connectivity index is 2.49. The number of rotatable bonds is 1. The van der Waals surface area contributed by atoms with Crippen molar-refractivity contribution in [1.29, 1.82) is 0 Å². The molecule has 2 aromatic rings. The van der Waals surface area contributed by atoms with E-state index in [2.05, 4.69) is 15.2 Å². The Kier molecular flexibility index (Phi) is 2.07. The van der Waals surface area contributed by atoms with E-state index in [1.165, 1.54) is 0 Å².